The van der Waals surface area contributed by atoms with Crippen molar-refractivity contribution in [1.29, 1.82) is 0 Å². The number of fused-ring (bicyclic) bond motifs is 1. The summed E-state index contributed by atoms with van der Waals surface area (Å²) in [6.07, 6.45) is 3.05. The molecule has 188 valence electrons. The van der Waals surface area contributed by atoms with Gasteiger partial charge < -0.3 is 15.5 Å². The van der Waals surface area contributed by atoms with Crippen molar-refractivity contribution < 1.29 is 14.4 Å². The molecule has 0 aliphatic carbocycles. The summed E-state index contributed by atoms with van der Waals surface area (Å²) in [5.41, 5.74) is 8.63. The molecule has 0 saturated carbocycles. The number of hydrogen-bond donors (Lipinski definition) is 1. The van der Waals surface area contributed by atoms with Crippen LogP contribution in [0.2, 0.25) is 5.02 Å². The lowest BCUT2D eigenvalue weighted by Gasteiger charge is -2.31. The Labute approximate surface area is 225 Å². The number of hydrogen-bond acceptors (Lipinski definition) is 4. The van der Waals surface area contributed by atoms with Gasteiger partial charge in [0.1, 0.15) is 0 Å². The molecule has 0 unspecified atom stereocenters. The Morgan fingerprint density at radius 3 is 2.43 bits per heavy atom. The van der Waals surface area contributed by atoms with Crippen LogP contribution in [0.4, 0.5) is 5.69 Å². The lowest BCUT2D eigenvalue weighted by molar-refractivity contribution is -0.123. The Bertz CT molecular complexity index is 1380. The number of nitrogens with zero attached hydrogens (tertiary/aromatic N) is 2. The standard InChI is InChI=1S/C29H26ClN3O3S/c30-23-5-3-4-20(16-23)18-33-24-6-1-2-7-25(24)37-26(29(33)36)17-19-8-10-22(11-9-19)28(35)32-14-12-21(13-15-32)27(31)34/h1-11,16-17,21H,12-15,18H2,(H2,31,34). The molecule has 3 aromatic carbocycles. The third kappa shape index (κ3) is 5.58. The molecule has 2 N–H and O–H groups in total. The number of anilines is 1. The van der Waals surface area contributed by atoms with Gasteiger partial charge in [-0.1, -0.05) is 59.8 Å². The highest BCUT2D eigenvalue weighted by Gasteiger charge is 2.29. The van der Waals surface area contributed by atoms with E-state index in [0.717, 1.165) is 21.7 Å². The fourth-order valence-electron chi connectivity index (χ4n) is 4.66. The zero-order valence-electron chi connectivity index (χ0n) is 20.1. The molecule has 0 atom stereocenters. The predicted molar refractivity (Wildman–Crippen MR) is 147 cm³/mol. The quantitative estimate of drug-likeness (QED) is 0.449. The molecule has 1 fully saturated rings. The first-order valence-corrected chi connectivity index (χ1v) is 13.3. The summed E-state index contributed by atoms with van der Waals surface area (Å²) in [5.74, 6) is -0.603. The molecule has 0 aromatic heterocycles. The van der Waals surface area contributed by atoms with Crippen molar-refractivity contribution in [2.45, 2.75) is 24.3 Å². The van der Waals surface area contributed by atoms with Crippen LogP contribution >= 0.6 is 23.4 Å². The van der Waals surface area contributed by atoms with E-state index in [2.05, 4.69) is 0 Å². The predicted octanol–water partition coefficient (Wildman–Crippen LogP) is 5.36. The van der Waals surface area contributed by atoms with E-state index in [9.17, 15) is 14.4 Å². The average molecular weight is 532 g/mol. The van der Waals surface area contributed by atoms with E-state index >= 15 is 0 Å². The third-order valence-electron chi connectivity index (χ3n) is 6.70. The maximum absolute atomic E-state index is 13.5. The molecule has 3 amide bonds. The average Bonchev–Trinajstić information content (AvgIpc) is 2.91. The fourth-order valence-corrected chi connectivity index (χ4v) is 5.93. The smallest absolute Gasteiger partial charge is 0.265 e. The van der Waals surface area contributed by atoms with Crippen molar-refractivity contribution in [1.82, 2.24) is 4.90 Å². The van der Waals surface area contributed by atoms with Gasteiger partial charge in [-0.05, 0) is 66.4 Å². The molecule has 2 heterocycles. The first-order chi connectivity index (χ1) is 17.9. The second-order valence-electron chi connectivity index (χ2n) is 9.19. The van der Waals surface area contributed by atoms with Crippen molar-refractivity contribution in [2.75, 3.05) is 18.0 Å². The monoisotopic (exact) mass is 531 g/mol. The minimum Gasteiger partial charge on any atom is -0.369 e. The SMILES string of the molecule is NC(=O)C1CCN(C(=O)c2ccc(C=C3Sc4ccccc4N(Cc4cccc(Cl)c4)C3=O)cc2)CC1. The number of benzene rings is 3. The Morgan fingerprint density at radius 2 is 1.73 bits per heavy atom. The molecule has 37 heavy (non-hydrogen) atoms. The molecule has 3 aromatic rings. The summed E-state index contributed by atoms with van der Waals surface area (Å²) < 4.78 is 0. The summed E-state index contributed by atoms with van der Waals surface area (Å²) >= 11 is 7.62. The van der Waals surface area contributed by atoms with Crippen LogP contribution in [-0.4, -0.2) is 35.7 Å². The van der Waals surface area contributed by atoms with Crippen LogP contribution in [0, 0.1) is 5.92 Å². The summed E-state index contributed by atoms with van der Waals surface area (Å²) in [6, 6.07) is 22.6. The minimum absolute atomic E-state index is 0.0631. The normalized spacial score (nSPS) is 17.1. The lowest BCUT2D eigenvalue weighted by atomic mass is 9.96. The molecular formula is C29H26ClN3O3S. The van der Waals surface area contributed by atoms with E-state index in [1.165, 1.54) is 11.8 Å². The molecule has 8 heteroatoms. The molecule has 5 rings (SSSR count). The largest absolute Gasteiger partial charge is 0.369 e. The van der Waals surface area contributed by atoms with Crippen LogP contribution in [0.25, 0.3) is 6.08 Å². The van der Waals surface area contributed by atoms with Gasteiger partial charge in [-0.2, -0.15) is 0 Å². The van der Waals surface area contributed by atoms with E-state index in [0.29, 0.717) is 48.0 Å². The third-order valence-corrected chi connectivity index (χ3v) is 8.01. The summed E-state index contributed by atoms with van der Waals surface area (Å²) in [6.45, 7) is 1.45. The zero-order chi connectivity index (χ0) is 25.9. The van der Waals surface area contributed by atoms with Crippen LogP contribution in [-0.2, 0) is 16.1 Å². The maximum atomic E-state index is 13.5. The van der Waals surface area contributed by atoms with Gasteiger partial charge in [0.2, 0.25) is 5.91 Å². The molecule has 6 nitrogen and oxygen atoms in total. The van der Waals surface area contributed by atoms with E-state index in [4.69, 9.17) is 17.3 Å². The van der Waals surface area contributed by atoms with Gasteiger partial charge >= 0.3 is 0 Å². The Kier molecular flexibility index (Phi) is 7.35. The summed E-state index contributed by atoms with van der Waals surface area (Å²) in [5, 5.41) is 0.632. The van der Waals surface area contributed by atoms with Gasteiger partial charge in [0.05, 0.1) is 17.1 Å². The van der Waals surface area contributed by atoms with Gasteiger partial charge in [-0.3, -0.25) is 14.4 Å². The first kappa shape index (κ1) is 25.1. The lowest BCUT2D eigenvalue weighted by Crippen LogP contribution is -2.41. The fraction of sp³-hybridized carbons (Fsp3) is 0.207. The second-order valence-corrected chi connectivity index (χ2v) is 10.7. The van der Waals surface area contributed by atoms with Crippen molar-refractivity contribution in [2.24, 2.45) is 11.7 Å². The van der Waals surface area contributed by atoms with Gasteiger partial charge in [0, 0.05) is 34.5 Å². The second kappa shape index (κ2) is 10.8. The number of nitrogens with two attached hydrogens (primary N) is 1. The van der Waals surface area contributed by atoms with Gasteiger partial charge in [-0.25, -0.2) is 0 Å². The van der Waals surface area contributed by atoms with Crippen LogP contribution in [0.1, 0.15) is 34.3 Å². The number of amides is 3. The number of halogens is 1. The topological polar surface area (TPSA) is 83.7 Å². The molecule has 2 aliphatic heterocycles. The van der Waals surface area contributed by atoms with E-state index in [1.807, 2.05) is 66.7 Å². The maximum Gasteiger partial charge on any atom is 0.265 e. The van der Waals surface area contributed by atoms with E-state index in [-0.39, 0.29) is 23.6 Å². The number of piperidine rings is 1. The van der Waals surface area contributed by atoms with Crippen molar-refractivity contribution >= 4 is 52.8 Å². The van der Waals surface area contributed by atoms with Crippen LogP contribution in [0.15, 0.2) is 82.6 Å². The number of carbonyl (C=O) groups excluding carboxylic acids is 3. The molecule has 0 bridgehead atoms. The number of thioether (sulfide) groups is 1. The Hall–Kier alpha value is -3.55. The molecule has 0 spiro atoms. The highest BCUT2D eigenvalue weighted by molar-refractivity contribution is 8.04. The first-order valence-electron chi connectivity index (χ1n) is 12.1. The Balaban J connectivity index is 1.34. The van der Waals surface area contributed by atoms with Gasteiger partial charge in [0.25, 0.3) is 11.8 Å². The van der Waals surface area contributed by atoms with E-state index < -0.39 is 0 Å². The highest BCUT2D eigenvalue weighted by atomic mass is 35.5. The number of likely N-dealkylation sites (tertiary alicyclic amines) is 1. The zero-order valence-corrected chi connectivity index (χ0v) is 21.7. The minimum atomic E-state index is -0.298. The summed E-state index contributed by atoms with van der Waals surface area (Å²) in [4.78, 5) is 43.0. The van der Waals surface area contributed by atoms with E-state index in [1.54, 1.807) is 21.9 Å². The molecule has 0 radical (unpaired) electrons. The van der Waals surface area contributed by atoms with Crippen molar-refractivity contribution in [3.63, 3.8) is 0 Å². The summed E-state index contributed by atoms with van der Waals surface area (Å²) in [7, 11) is 0. The number of para-hydroxylation sites is 1. The van der Waals surface area contributed by atoms with Crippen molar-refractivity contribution in [3.05, 3.63) is 99.4 Å². The van der Waals surface area contributed by atoms with Crippen LogP contribution in [0.5, 0.6) is 0 Å². The Morgan fingerprint density at radius 1 is 1.00 bits per heavy atom. The van der Waals surface area contributed by atoms with Crippen LogP contribution < -0.4 is 10.6 Å². The number of carbonyl (C=O) groups is 3. The highest BCUT2D eigenvalue weighted by Crippen LogP contribution is 2.42. The number of primary amides is 1. The molecule has 1 saturated heterocycles. The van der Waals surface area contributed by atoms with Gasteiger partial charge in [-0.15, -0.1) is 0 Å². The molecule has 2 aliphatic rings. The number of rotatable bonds is 5. The van der Waals surface area contributed by atoms with Crippen LogP contribution in [0.3, 0.4) is 0 Å². The van der Waals surface area contributed by atoms with Gasteiger partial charge in [0.15, 0.2) is 0 Å². The molecular weight excluding hydrogens is 506 g/mol. The van der Waals surface area contributed by atoms with Crippen molar-refractivity contribution in [3.8, 4) is 0 Å².